The van der Waals surface area contributed by atoms with Crippen LogP contribution in [0.4, 0.5) is 0 Å². The Labute approximate surface area is 715 Å². The van der Waals surface area contributed by atoms with Gasteiger partial charge in [0.15, 0.2) is 5.58 Å². The van der Waals surface area contributed by atoms with Gasteiger partial charge in [0.1, 0.15) is 5.52 Å². The second-order valence-corrected chi connectivity index (χ2v) is 32.3. The average molecular weight is 1580 g/mol. The molecule has 0 unspecified atom stereocenters. The molecule has 0 spiro atoms. The standard InChI is InChI=1S/C41H28N2.C39H24N2O.C38H25N/c1-42-36-24-23-29(43-37-21-11-9-15-30(37)31-16-10-12-22-38(31)43)25-28(36)26-39(42)41-34-19-7-5-17-32(34)40(27-13-3-2-4-14-27)33-18-6-8-20-35(33)41;1-2-12-25(13-3-1)37-29-16-4-6-18-31(29)38(32-19-7-5-17-30(32)37)39-40-33-24-26(22-23-36(33)42-39)41-34-20-10-8-14-27(34)28-15-9-11-21-35(28)41;1-2-13-26(14-3-1)37-31-19-4-6-21-33(31)38(34-22-7-5-20-32(34)37)27-15-12-16-28(25-27)39-35-23-10-8-17-29(35)30-18-9-11-24-36(30)39/h2-26H,1H3;1-24H;1-25H. The molecule has 0 bridgehead atoms. The molecular weight excluding hydrogens is 1500 g/mol. The van der Waals surface area contributed by atoms with E-state index in [1.807, 2.05) is 6.07 Å². The van der Waals surface area contributed by atoms with Crippen molar-refractivity contribution in [2.75, 3.05) is 0 Å². The number of aryl methyl sites for hydroxylation is 1. The van der Waals surface area contributed by atoms with Gasteiger partial charge in [0.05, 0.1) is 44.4 Å². The Balaban J connectivity index is 0.000000105. The second-order valence-electron chi connectivity index (χ2n) is 32.3. The zero-order valence-corrected chi connectivity index (χ0v) is 67.9. The number of para-hydroxylation sites is 6. The number of fused-ring (bicyclic) bond motifs is 17. The van der Waals surface area contributed by atoms with Crippen LogP contribution in [0.3, 0.4) is 0 Å². The lowest BCUT2D eigenvalue weighted by molar-refractivity contribution is 0.621. The molecule has 0 aliphatic carbocycles. The summed E-state index contributed by atoms with van der Waals surface area (Å²) >= 11 is 0. The summed E-state index contributed by atoms with van der Waals surface area (Å²) in [5.74, 6) is 0.636. The Hall–Kier alpha value is -16.4. The minimum atomic E-state index is 0.636. The molecule has 0 N–H and O–H groups in total. The number of nitrogens with zero attached hydrogens (tertiary/aromatic N) is 5. The summed E-state index contributed by atoms with van der Waals surface area (Å²) in [6, 6.07) is 161. The molecule has 0 atom stereocenters. The van der Waals surface area contributed by atoms with E-state index in [-0.39, 0.29) is 0 Å². The highest BCUT2D eigenvalue weighted by Gasteiger charge is 2.25. The minimum absolute atomic E-state index is 0.636. The van der Waals surface area contributed by atoms with Gasteiger partial charge in [-0.1, -0.05) is 358 Å². The van der Waals surface area contributed by atoms with Crippen molar-refractivity contribution in [3.63, 3.8) is 0 Å². The number of oxazole rings is 1. The molecule has 0 radical (unpaired) electrons. The van der Waals surface area contributed by atoms with E-state index in [1.165, 1.54) is 197 Å². The smallest absolute Gasteiger partial charge is 0.228 e. The summed E-state index contributed by atoms with van der Waals surface area (Å²) < 4.78 is 16.0. The van der Waals surface area contributed by atoms with Gasteiger partial charge in [0.25, 0.3) is 0 Å². The van der Waals surface area contributed by atoms with Crippen LogP contribution in [-0.4, -0.2) is 23.3 Å². The van der Waals surface area contributed by atoms with E-state index in [0.29, 0.717) is 5.89 Å². The first-order valence-corrected chi connectivity index (χ1v) is 42.5. The molecule has 0 amide bonds. The molecule has 26 aromatic rings. The highest BCUT2D eigenvalue weighted by atomic mass is 16.3. The number of aromatic nitrogens is 5. The maximum Gasteiger partial charge on any atom is 0.228 e. The molecular formula is C118H77N5O. The molecule has 26 rings (SSSR count). The number of benzene rings is 21. The Morgan fingerprint density at radius 2 is 0.460 bits per heavy atom. The molecule has 5 aromatic heterocycles. The van der Waals surface area contributed by atoms with E-state index in [2.05, 4.69) is 468 Å². The number of rotatable bonds is 9. The van der Waals surface area contributed by atoms with Crippen molar-refractivity contribution in [2.24, 2.45) is 7.05 Å². The molecule has 0 saturated carbocycles. The van der Waals surface area contributed by atoms with Gasteiger partial charge in [-0.2, -0.15) is 0 Å². The van der Waals surface area contributed by atoms with E-state index >= 15 is 0 Å². The van der Waals surface area contributed by atoms with Crippen molar-refractivity contribution in [2.45, 2.75) is 0 Å². The van der Waals surface area contributed by atoms with E-state index in [1.54, 1.807) is 0 Å². The van der Waals surface area contributed by atoms with Gasteiger partial charge in [-0.15, -0.1) is 0 Å². The second kappa shape index (κ2) is 29.5. The first kappa shape index (κ1) is 71.7. The predicted molar refractivity (Wildman–Crippen MR) is 524 cm³/mol. The van der Waals surface area contributed by atoms with E-state index in [4.69, 9.17) is 9.40 Å². The first-order valence-electron chi connectivity index (χ1n) is 42.5. The monoisotopic (exact) mass is 1580 g/mol. The summed E-state index contributed by atoms with van der Waals surface area (Å²) in [5, 5.41) is 23.7. The van der Waals surface area contributed by atoms with Gasteiger partial charge in [-0.3, -0.25) is 0 Å². The lowest BCUT2D eigenvalue weighted by Crippen LogP contribution is -1.96. The van der Waals surface area contributed by atoms with Gasteiger partial charge >= 0.3 is 0 Å². The van der Waals surface area contributed by atoms with Crippen molar-refractivity contribution in [1.82, 2.24) is 23.3 Å². The molecule has 0 aliphatic heterocycles. The normalized spacial score (nSPS) is 11.8. The van der Waals surface area contributed by atoms with Gasteiger partial charge in [0.2, 0.25) is 5.89 Å². The van der Waals surface area contributed by atoms with Gasteiger partial charge in [-0.25, -0.2) is 4.98 Å². The van der Waals surface area contributed by atoms with Crippen LogP contribution in [-0.2, 0) is 7.05 Å². The SMILES string of the molecule is Cn1c(-c2c3ccccc3c(-c3ccccc3)c3ccccc23)cc2cc(-n3c4ccccc4c4ccccc43)ccc21.c1ccc(-c2c3ccccc3c(-c3cccc(-n4c5ccccc5c5ccccc54)c3)c3ccccc23)cc1.c1ccc(-c2c3ccccc3c(-c3nc4cc(-n5c6ccccc6c6ccccc65)ccc4o3)c3ccccc23)cc1. The fourth-order valence-corrected chi connectivity index (χ4v) is 20.2. The largest absolute Gasteiger partial charge is 0.436 e. The minimum Gasteiger partial charge on any atom is -0.436 e. The lowest BCUT2D eigenvalue weighted by Gasteiger charge is -2.18. The van der Waals surface area contributed by atoms with Crippen LogP contribution in [0.25, 0.3) is 236 Å². The number of hydrogen-bond acceptors (Lipinski definition) is 2. The molecule has 124 heavy (non-hydrogen) atoms. The molecule has 0 fully saturated rings. The van der Waals surface area contributed by atoms with E-state index in [0.717, 1.165) is 33.1 Å². The topological polar surface area (TPSA) is 45.8 Å². The van der Waals surface area contributed by atoms with Gasteiger partial charge < -0.3 is 22.7 Å². The molecule has 6 heteroatoms. The Bertz CT molecular complexity index is 8430. The molecule has 0 saturated heterocycles. The molecule has 21 aromatic carbocycles. The summed E-state index contributed by atoms with van der Waals surface area (Å²) in [4.78, 5) is 5.14. The van der Waals surface area contributed by atoms with Crippen molar-refractivity contribution < 1.29 is 4.42 Å². The third-order valence-electron chi connectivity index (χ3n) is 25.5. The summed E-state index contributed by atoms with van der Waals surface area (Å²) in [5.41, 5.74) is 27.1. The lowest BCUT2D eigenvalue weighted by atomic mass is 9.86. The number of hydrogen-bond donors (Lipinski definition) is 0. The van der Waals surface area contributed by atoms with Crippen molar-refractivity contribution in [1.29, 1.82) is 0 Å². The molecule has 0 aliphatic rings. The van der Waals surface area contributed by atoms with Gasteiger partial charge in [-0.05, 0) is 200 Å². The van der Waals surface area contributed by atoms with Crippen molar-refractivity contribution >= 4 is 152 Å². The Kier molecular flexibility index (Phi) is 17.1. The van der Waals surface area contributed by atoms with E-state index < -0.39 is 0 Å². The summed E-state index contributed by atoms with van der Waals surface area (Å²) in [6.07, 6.45) is 0. The van der Waals surface area contributed by atoms with Crippen LogP contribution in [0.15, 0.2) is 453 Å². The molecule has 5 heterocycles. The Morgan fingerprint density at radius 3 is 0.806 bits per heavy atom. The van der Waals surface area contributed by atoms with Gasteiger partial charge in [0, 0.05) is 72.9 Å². The zero-order chi connectivity index (χ0) is 81.9. The van der Waals surface area contributed by atoms with E-state index in [9.17, 15) is 0 Å². The average Bonchev–Trinajstić information content (AvgIpc) is 1.31. The fourth-order valence-electron chi connectivity index (χ4n) is 20.2. The van der Waals surface area contributed by atoms with Crippen LogP contribution in [0, 0.1) is 0 Å². The first-order chi connectivity index (χ1) is 61.5. The quantitative estimate of drug-likeness (QED) is 0.135. The van der Waals surface area contributed by atoms with Crippen LogP contribution >= 0.6 is 0 Å². The highest BCUT2D eigenvalue weighted by molar-refractivity contribution is 6.25. The van der Waals surface area contributed by atoms with Crippen LogP contribution < -0.4 is 0 Å². The van der Waals surface area contributed by atoms with Crippen LogP contribution in [0.1, 0.15) is 0 Å². The van der Waals surface area contributed by atoms with Crippen LogP contribution in [0.2, 0.25) is 0 Å². The Morgan fingerprint density at radius 1 is 0.194 bits per heavy atom. The third-order valence-corrected chi connectivity index (χ3v) is 25.5. The third kappa shape index (κ3) is 11.6. The summed E-state index contributed by atoms with van der Waals surface area (Å²) in [6.45, 7) is 0. The summed E-state index contributed by atoms with van der Waals surface area (Å²) in [7, 11) is 2.20. The fraction of sp³-hybridized carbons (Fsp3) is 0.00847. The maximum atomic E-state index is 6.54. The maximum absolute atomic E-state index is 6.54. The molecule has 6 nitrogen and oxygen atoms in total. The molecule has 580 valence electrons. The highest BCUT2D eigenvalue weighted by Crippen LogP contribution is 2.50. The zero-order valence-electron chi connectivity index (χ0n) is 67.9. The van der Waals surface area contributed by atoms with Crippen LogP contribution in [0.5, 0.6) is 0 Å². The van der Waals surface area contributed by atoms with Crippen molar-refractivity contribution in [3.05, 3.63) is 449 Å². The predicted octanol–water partition coefficient (Wildman–Crippen LogP) is 31.9. The van der Waals surface area contributed by atoms with Crippen molar-refractivity contribution in [3.8, 4) is 84.3 Å².